The van der Waals surface area contributed by atoms with Crippen LogP contribution >= 0.6 is 23.2 Å². The average molecular weight is 299 g/mol. The molecule has 6 nitrogen and oxygen atoms in total. The van der Waals surface area contributed by atoms with E-state index in [1.807, 2.05) is 0 Å². The minimum atomic E-state index is -3.76. The summed E-state index contributed by atoms with van der Waals surface area (Å²) in [5.41, 5.74) is -0.368. The molecule has 0 aliphatic heterocycles. The Morgan fingerprint density at radius 2 is 2.18 bits per heavy atom. The van der Waals surface area contributed by atoms with Crippen molar-refractivity contribution in [1.82, 2.24) is 4.98 Å². The van der Waals surface area contributed by atoms with Gasteiger partial charge in [0.05, 0.1) is 15.2 Å². The van der Waals surface area contributed by atoms with Crippen molar-refractivity contribution in [2.24, 2.45) is 0 Å². The molecule has 9 heteroatoms. The molecule has 0 radical (unpaired) electrons. The number of hydrogen-bond donors (Lipinski definition) is 0. The van der Waals surface area contributed by atoms with E-state index in [4.69, 9.17) is 23.2 Å². The molecule has 0 aromatic carbocycles. The summed E-state index contributed by atoms with van der Waals surface area (Å²) in [6, 6.07) is 0.947. The van der Waals surface area contributed by atoms with Crippen molar-refractivity contribution in [3.05, 3.63) is 27.4 Å². The quantitative estimate of drug-likeness (QED) is 0.482. The molecule has 1 unspecified atom stereocenters. The summed E-state index contributed by atoms with van der Waals surface area (Å²) in [5.74, 6) is -0.114. The largest absolute Gasteiger partial charge is 0.289 e. The lowest BCUT2D eigenvalue weighted by molar-refractivity contribution is -0.385. The van der Waals surface area contributed by atoms with Gasteiger partial charge >= 0.3 is 0 Å². The van der Waals surface area contributed by atoms with Crippen LogP contribution in [0.3, 0.4) is 0 Å². The zero-order valence-electron chi connectivity index (χ0n) is 8.63. The standard InChI is InChI=1S/C8H8Cl2N2O4S/c1-5(3-9)17(15,16)8-7(10)2-6(4-11-8)12(13)14/h2,4-5H,3H2,1H3. The zero-order valence-corrected chi connectivity index (χ0v) is 11.0. The van der Waals surface area contributed by atoms with E-state index < -0.39 is 25.0 Å². The smallest absolute Gasteiger partial charge is 0.258 e. The molecular formula is C8H8Cl2N2O4S. The lowest BCUT2D eigenvalue weighted by atomic mass is 10.4. The van der Waals surface area contributed by atoms with Gasteiger partial charge in [0.25, 0.3) is 5.69 Å². The summed E-state index contributed by atoms with van der Waals surface area (Å²) < 4.78 is 23.7. The highest BCUT2D eigenvalue weighted by atomic mass is 35.5. The Morgan fingerprint density at radius 1 is 1.59 bits per heavy atom. The molecule has 0 saturated carbocycles. The van der Waals surface area contributed by atoms with Crippen LogP contribution in [-0.2, 0) is 9.84 Å². The van der Waals surface area contributed by atoms with Crippen LogP contribution in [0.25, 0.3) is 0 Å². The van der Waals surface area contributed by atoms with E-state index in [1.165, 1.54) is 6.92 Å². The van der Waals surface area contributed by atoms with Gasteiger partial charge in [-0.25, -0.2) is 13.4 Å². The highest BCUT2D eigenvalue weighted by Crippen LogP contribution is 2.26. The van der Waals surface area contributed by atoms with Gasteiger partial charge in [-0.05, 0) is 6.92 Å². The van der Waals surface area contributed by atoms with Crippen molar-refractivity contribution in [1.29, 1.82) is 0 Å². The fraction of sp³-hybridized carbons (Fsp3) is 0.375. The molecule has 0 aliphatic rings. The molecule has 1 aromatic rings. The van der Waals surface area contributed by atoms with Crippen molar-refractivity contribution in [2.75, 3.05) is 5.88 Å². The van der Waals surface area contributed by atoms with Crippen LogP contribution in [0.4, 0.5) is 5.69 Å². The molecule has 0 aliphatic carbocycles. The van der Waals surface area contributed by atoms with Crippen LogP contribution in [0, 0.1) is 10.1 Å². The number of alkyl halides is 1. The number of aromatic nitrogens is 1. The Hall–Kier alpha value is -0.920. The summed E-state index contributed by atoms with van der Waals surface area (Å²) in [7, 11) is -3.76. The highest BCUT2D eigenvalue weighted by Gasteiger charge is 2.27. The zero-order chi connectivity index (χ0) is 13.2. The molecule has 0 amide bonds. The van der Waals surface area contributed by atoms with Crippen molar-refractivity contribution in [3.63, 3.8) is 0 Å². The van der Waals surface area contributed by atoms with Gasteiger partial charge in [0.15, 0.2) is 5.03 Å². The minimum absolute atomic E-state index is 0.114. The fourth-order valence-corrected chi connectivity index (χ4v) is 3.06. The second kappa shape index (κ2) is 5.16. The van der Waals surface area contributed by atoms with Gasteiger partial charge < -0.3 is 0 Å². The number of hydrogen-bond acceptors (Lipinski definition) is 5. The summed E-state index contributed by atoms with van der Waals surface area (Å²) in [4.78, 5) is 13.3. The normalized spacial score (nSPS) is 13.4. The van der Waals surface area contributed by atoms with Crippen LogP contribution in [0.5, 0.6) is 0 Å². The van der Waals surface area contributed by atoms with Gasteiger partial charge in [0, 0.05) is 11.9 Å². The predicted molar refractivity (Wildman–Crippen MR) is 63.3 cm³/mol. The van der Waals surface area contributed by atoms with Crippen molar-refractivity contribution in [3.8, 4) is 0 Å². The van der Waals surface area contributed by atoms with Crippen LogP contribution in [0.15, 0.2) is 17.3 Å². The third-order valence-electron chi connectivity index (χ3n) is 2.02. The van der Waals surface area contributed by atoms with Gasteiger partial charge in [-0.2, -0.15) is 0 Å². The van der Waals surface area contributed by atoms with Crippen LogP contribution in [-0.4, -0.2) is 29.5 Å². The van der Waals surface area contributed by atoms with E-state index in [0.717, 1.165) is 12.3 Å². The lowest BCUT2D eigenvalue weighted by Crippen LogP contribution is -2.21. The minimum Gasteiger partial charge on any atom is -0.258 e. The number of halogens is 2. The third-order valence-corrected chi connectivity index (χ3v) is 5.16. The molecule has 1 rings (SSSR count). The van der Waals surface area contributed by atoms with Gasteiger partial charge in [0.1, 0.15) is 6.20 Å². The molecule has 1 heterocycles. The molecule has 0 fully saturated rings. The van der Waals surface area contributed by atoms with Gasteiger partial charge in [0.2, 0.25) is 9.84 Å². The second-order valence-electron chi connectivity index (χ2n) is 3.25. The molecule has 0 N–H and O–H groups in total. The van der Waals surface area contributed by atoms with E-state index in [0.29, 0.717) is 0 Å². The first-order valence-electron chi connectivity index (χ1n) is 4.40. The first-order chi connectivity index (χ1) is 7.80. The molecule has 0 spiro atoms. The topological polar surface area (TPSA) is 90.2 Å². The van der Waals surface area contributed by atoms with E-state index >= 15 is 0 Å². The van der Waals surface area contributed by atoms with E-state index in [2.05, 4.69) is 4.98 Å². The van der Waals surface area contributed by atoms with E-state index in [1.54, 1.807) is 0 Å². The van der Waals surface area contributed by atoms with Gasteiger partial charge in [-0.1, -0.05) is 11.6 Å². The molecule has 0 bridgehead atoms. The molecule has 0 saturated heterocycles. The number of nitro groups is 1. The summed E-state index contributed by atoms with van der Waals surface area (Å²) in [6.07, 6.45) is 0.847. The lowest BCUT2D eigenvalue weighted by Gasteiger charge is -2.09. The molecule has 1 atom stereocenters. The molecule has 94 valence electrons. The Bertz CT molecular complexity index is 546. The predicted octanol–water partition coefficient (Wildman–Crippen LogP) is 2.04. The van der Waals surface area contributed by atoms with Gasteiger partial charge in [-0.3, -0.25) is 10.1 Å². The monoisotopic (exact) mass is 298 g/mol. The first kappa shape index (κ1) is 14.1. The number of pyridine rings is 1. The first-order valence-corrected chi connectivity index (χ1v) is 6.86. The molecule has 1 aromatic heterocycles. The molecular weight excluding hydrogens is 291 g/mol. The number of rotatable bonds is 4. The van der Waals surface area contributed by atoms with Crippen molar-refractivity contribution < 1.29 is 13.3 Å². The third kappa shape index (κ3) is 2.85. The number of nitrogens with zero attached hydrogens (tertiary/aromatic N) is 2. The Balaban J connectivity index is 3.31. The average Bonchev–Trinajstić information content (AvgIpc) is 2.27. The Labute approximate surface area is 108 Å². The summed E-state index contributed by atoms with van der Waals surface area (Å²) >= 11 is 11.1. The molecule has 17 heavy (non-hydrogen) atoms. The van der Waals surface area contributed by atoms with Crippen LogP contribution in [0.1, 0.15) is 6.92 Å². The Kier molecular flexibility index (Phi) is 4.29. The summed E-state index contributed by atoms with van der Waals surface area (Å²) in [5, 5.41) is 8.90. The van der Waals surface area contributed by atoms with E-state index in [9.17, 15) is 18.5 Å². The summed E-state index contributed by atoms with van der Waals surface area (Å²) in [6.45, 7) is 1.40. The Morgan fingerprint density at radius 3 is 2.59 bits per heavy atom. The highest BCUT2D eigenvalue weighted by molar-refractivity contribution is 7.92. The van der Waals surface area contributed by atoms with Crippen molar-refractivity contribution in [2.45, 2.75) is 17.2 Å². The van der Waals surface area contributed by atoms with Crippen LogP contribution < -0.4 is 0 Å². The maximum absolute atomic E-state index is 11.9. The fourth-order valence-electron chi connectivity index (χ4n) is 0.998. The second-order valence-corrected chi connectivity index (χ2v) is 6.24. The maximum atomic E-state index is 11.9. The van der Waals surface area contributed by atoms with Crippen molar-refractivity contribution >= 4 is 38.7 Å². The SMILES string of the molecule is CC(CCl)S(=O)(=O)c1ncc([N+](=O)[O-])cc1Cl. The van der Waals surface area contributed by atoms with Crippen LogP contribution in [0.2, 0.25) is 5.02 Å². The van der Waals surface area contributed by atoms with E-state index in [-0.39, 0.29) is 16.6 Å². The number of sulfone groups is 1. The van der Waals surface area contributed by atoms with Gasteiger partial charge in [-0.15, -0.1) is 11.6 Å². The maximum Gasteiger partial charge on any atom is 0.289 e.